The third-order valence-electron chi connectivity index (χ3n) is 5.19. The van der Waals surface area contributed by atoms with Gasteiger partial charge in [-0.15, -0.1) is 11.3 Å². The first-order valence-corrected chi connectivity index (χ1v) is 12.0. The number of ketones is 1. The van der Waals surface area contributed by atoms with Crippen molar-refractivity contribution in [2.75, 3.05) is 6.61 Å². The second-order valence-corrected chi connectivity index (χ2v) is 10.4. The number of Topliss-reactive ketones (excluding diaryl/α,β-unsaturated/α-hetero) is 1. The summed E-state index contributed by atoms with van der Waals surface area (Å²) in [5.74, 6) is 1.06. The summed E-state index contributed by atoms with van der Waals surface area (Å²) in [6.45, 7) is 13.1. The van der Waals surface area contributed by atoms with Gasteiger partial charge in [0.05, 0.1) is 17.9 Å². The van der Waals surface area contributed by atoms with Crippen molar-refractivity contribution in [1.29, 1.82) is 0 Å². The molecule has 1 N–H and O–H groups in total. The van der Waals surface area contributed by atoms with Crippen molar-refractivity contribution in [1.82, 2.24) is 4.98 Å². The zero-order chi connectivity index (χ0) is 26.6. The van der Waals surface area contributed by atoms with Crippen LogP contribution in [0.15, 0.2) is 42.5 Å². The molecule has 0 atom stereocenters. The van der Waals surface area contributed by atoms with Gasteiger partial charge in [-0.1, -0.05) is 26.0 Å². The minimum Gasteiger partial charge on any atom is -0.485 e. The molecule has 4 nitrogen and oxygen atoms in total. The molecule has 0 fully saturated rings. The number of carbonyl (C=O) groups excluding carboxylic acids is 1. The van der Waals surface area contributed by atoms with E-state index in [1.807, 2.05) is 27.7 Å². The fourth-order valence-corrected chi connectivity index (χ4v) is 4.26. The molecule has 35 heavy (non-hydrogen) atoms. The highest BCUT2D eigenvalue weighted by molar-refractivity contribution is 7.15. The van der Waals surface area contributed by atoms with Crippen LogP contribution in [0.5, 0.6) is 5.75 Å². The van der Waals surface area contributed by atoms with Crippen molar-refractivity contribution in [3.8, 4) is 16.3 Å². The number of ether oxygens (including phenoxy) is 1. The first-order chi connectivity index (χ1) is 16.1. The summed E-state index contributed by atoms with van der Waals surface area (Å²) in [5, 5.41) is 9.88. The van der Waals surface area contributed by atoms with E-state index in [4.69, 9.17) is 9.84 Å². The number of benzene rings is 2. The van der Waals surface area contributed by atoms with Crippen LogP contribution in [0.3, 0.4) is 0 Å². The number of alkyl halides is 3. The molecule has 0 radical (unpaired) electrons. The van der Waals surface area contributed by atoms with Gasteiger partial charge in [-0.05, 0) is 76.4 Å². The van der Waals surface area contributed by atoms with Gasteiger partial charge in [0.25, 0.3) is 0 Å². The molecule has 8 heteroatoms. The molecular weight excluding hydrogens is 475 g/mol. The fraction of sp³-hybridized carbons (Fsp3) is 0.407. The SMILES string of the molecule is CC(=O)c1ccc(OC(C)(C)CO)c(C)c1.Cc1sc(-c2ccc(C(F)(F)F)cc2)nc1C(C)C. The minimum absolute atomic E-state index is 0.0380. The lowest BCUT2D eigenvalue weighted by Gasteiger charge is -2.25. The number of rotatable bonds is 6. The van der Waals surface area contributed by atoms with Crippen molar-refractivity contribution in [3.05, 3.63) is 69.7 Å². The molecule has 0 saturated carbocycles. The van der Waals surface area contributed by atoms with Crippen LogP contribution in [0.1, 0.15) is 72.6 Å². The summed E-state index contributed by atoms with van der Waals surface area (Å²) >= 11 is 1.52. The number of nitrogens with zero attached hydrogens (tertiary/aromatic N) is 1. The van der Waals surface area contributed by atoms with Crippen LogP contribution in [-0.2, 0) is 6.18 Å². The third-order valence-corrected chi connectivity index (χ3v) is 6.22. The highest BCUT2D eigenvalue weighted by Crippen LogP contribution is 2.34. The quantitative estimate of drug-likeness (QED) is 0.349. The highest BCUT2D eigenvalue weighted by Gasteiger charge is 2.30. The van der Waals surface area contributed by atoms with Gasteiger partial charge in [0.15, 0.2) is 5.78 Å². The van der Waals surface area contributed by atoms with E-state index in [0.29, 0.717) is 17.2 Å². The van der Waals surface area contributed by atoms with Gasteiger partial charge in [-0.3, -0.25) is 4.79 Å². The lowest BCUT2D eigenvalue weighted by atomic mass is 10.1. The summed E-state index contributed by atoms with van der Waals surface area (Å²) in [6.07, 6.45) is -4.29. The van der Waals surface area contributed by atoms with E-state index in [0.717, 1.165) is 38.8 Å². The maximum absolute atomic E-state index is 12.5. The number of hydrogen-bond acceptors (Lipinski definition) is 5. The molecular formula is C27H32F3NO3S. The summed E-state index contributed by atoms with van der Waals surface area (Å²) in [6, 6.07) is 10.4. The lowest BCUT2D eigenvalue weighted by molar-refractivity contribution is -0.137. The van der Waals surface area contributed by atoms with E-state index in [1.54, 1.807) is 18.2 Å². The standard InChI is InChI=1S/C14H14F3NS.C13H18O3/c1-8(2)12-9(3)19-13(18-12)10-4-6-11(7-5-10)14(15,16)17;1-9-7-11(10(2)15)5-6-12(9)16-13(3,4)8-14/h4-8H,1-3H3;5-7,14H,8H2,1-4H3. The molecule has 190 valence electrons. The van der Waals surface area contributed by atoms with Crippen LogP contribution < -0.4 is 4.74 Å². The molecule has 0 unspecified atom stereocenters. The predicted octanol–water partition coefficient (Wildman–Crippen LogP) is 7.61. The Labute approximate surface area is 208 Å². The summed E-state index contributed by atoms with van der Waals surface area (Å²) in [5.41, 5.74) is 2.07. The minimum atomic E-state index is -4.29. The summed E-state index contributed by atoms with van der Waals surface area (Å²) in [7, 11) is 0. The second-order valence-electron chi connectivity index (χ2n) is 9.25. The van der Waals surface area contributed by atoms with Crippen LogP contribution >= 0.6 is 11.3 Å². The predicted molar refractivity (Wildman–Crippen MR) is 134 cm³/mol. The van der Waals surface area contributed by atoms with Crippen molar-refractivity contribution in [2.45, 2.75) is 66.2 Å². The Morgan fingerprint density at radius 2 is 1.69 bits per heavy atom. The van der Waals surface area contributed by atoms with E-state index in [9.17, 15) is 18.0 Å². The van der Waals surface area contributed by atoms with Gasteiger partial charge >= 0.3 is 6.18 Å². The van der Waals surface area contributed by atoms with E-state index in [-0.39, 0.29) is 12.4 Å². The Morgan fingerprint density at radius 3 is 2.11 bits per heavy atom. The molecule has 2 aromatic carbocycles. The molecule has 0 aliphatic heterocycles. The van der Waals surface area contributed by atoms with Crippen LogP contribution in [0.2, 0.25) is 0 Å². The summed E-state index contributed by atoms with van der Waals surface area (Å²) < 4.78 is 43.1. The largest absolute Gasteiger partial charge is 0.485 e. The number of carbonyl (C=O) groups is 1. The van der Waals surface area contributed by atoms with Gasteiger partial charge in [0, 0.05) is 16.0 Å². The average molecular weight is 508 g/mol. The highest BCUT2D eigenvalue weighted by atomic mass is 32.1. The fourth-order valence-electron chi connectivity index (χ4n) is 3.18. The van der Waals surface area contributed by atoms with Gasteiger partial charge < -0.3 is 9.84 Å². The van der Waals surface area contributed by atoms with E-state index in [1.165, 1.54) is 30.4 Å². The van der Waals surface area contributed by atoms with E-state index >= 15 is 0 Å². The topological polar surface area (TPSA) is 59.4 Å². The first kappa shape index (κ1) is 28.5. The Morgan fingerprint density at radius 1 is 1.09 bits per heavy atom. The number of hydrogen-bond donors (Lipinski definition) is 1. The Balaban J connectivity index is 0.000000251. The molecule has 0 saturated heterocycles. The average Bonchev–Trinajstić information content (AvgIpc) is 3.17. The Hall–Kier alpha value is -2.71. The van der Waals surface area contributed by atoms with Crippen molar-refractivity contribution in [2.24, 2.45) is 0 Å². The van der Waals surface area contributed by atoms with Gasteiger partial charge in [0.1, 0.15) is 16.4 Å². The van der Waals surface area contributed by atoms with Gasteiger partial charge in [0.2, 0.25) is 0 Å². The second kappa shape index (κ2) is 11.4. The molecule has 0 aliphatic rings. The van der Waals surface area contributed by atoms with Crippen molar-refractivity contribution in [3.63, 3.8) is 0 Å². The zero-order valence-corrected chi connectivity index (χ0v) is 21.9. The molecule has 3 aromatic rings. The zero-order valence-electron chi connectivity index (χ0n) is 21.1. The number of aromatic nitrogens is 1. The van der Waals surface area contributed by atoms with E-state index < -0.39 is 17.3 Å². The van der Waals surface area contributed by atoms with Crippen LogP contribution in [-0.4, -0.2) is 28.1 Å². The molecule has 0 bridgehead atoms. The smallest absolute Gasteiger partial charge is 0.416 e. The lowest BCUT2D eigenvalue weighted by Crippen LogP contribution is -2.32. The molecule has 0 amide bonds. The monoisotopic (exact) mass is 507 g/mol. The van der Waals surface area contributed by atoms with E-state index in [2.05, 4.69) is 18.8 Å². The number of halogens is 3. The third kappa shape index (κ3) is 7.90. The van der Waals surface area contributed by atoms with Gasteiger partial charge in [-0.2, -0.15) is 13.2 Å². The normalized spacial score (nSPS) is 11.8. The molecule has 0 spiro atoms. The molecule has 0 aliphatic carbocycles. The maximum Gasteiger partial charge on any atom is 0.416 e. The number of aliphatic hydroxyl groups excluding tert-OH is 1. The summed E-state index contributed by atoms with van der Waals surface area (Å²) in [4.78, 5) is 16.8. The van der Waals surface area contributed by atoms with Gasteiger partial charge in [-0.25, -0.2) is 4.98 Å². The maximum atomic E-state index is 12.5. The first-order valence-electron chi connectivity index (χ1n) is 11.2. The van der Waals surface area contributed by atoms with Crippen molar-refractivity contribution >= 4 is 17.1 Å². The number of aryl methyl sites for hydroxylation is 2. The Bertz CT molecular complexity index is 1150. The molecule has 1 aromatic heterocycles. The molecule has 3 rings (SSSR count). The Kier molecular flexibility index (Phi) is 9.25. The number of aliphatic hydroxyl groups is 1. The van der Waals surface area contributed by atoms with Crippen LogP contribution in [0, 0.1) is 13.8 Å². The number of thiazole rings is 1. The van der Waals surface area contributed by atoms with Crippen LogP contribution in [0.25, 0.3) is 10.6 Å². The van der Waals surface area contributed by atoms with Crippen molar-refractivity contribution < 1.29 is 27.8 Å². The van der Waals surface area contributed by atoms with Crippen LogP contribution in [0.4, 0.5) is 13.2 Å². The molecule has 1 heterocycles.